The molecule has 4 rings (SSSR count). The fourth-order valence-corrected chi connectivity index (χ4v) is 4.22. The average molecular weight is 377 g/mol. The number of fused-ring (bicyclic) bond motifs is 1. The average Bonchev–Trinajstić information content (AvgIpc) is 3.30. The second kappa shape index (κ2) is 7.72. The molecule has 3 aromatic rings. The second-order valence-corrected chi connectivity index (χ2v) is 7.45. The third-order valence-corrected chi connectivity index (χ3v) is 5.77. The highest BCUT2D eigenvalue weighted by atomic mass is 16.1. The van der Waals surface area contributed by atoms with E-state index in [0.717, 1.165) is 47.7 Å². The fraction of sp³-hybridized carbons (Fsp3) is 0.409. The Bertz CT molecular complexity index is 995. The van der Waals surface area contributed by atoms with Gasteiger partial charge in [0.2, 0.25) is 0 Å². The smallest absolute Gasteiger partial charge is 0.254 e. The van der Waals surface area contributed by atoms with Crippen molar-refractivity contribution < 1.29 is 4.79 Å². The number of nitrogens with one attached hydrogen (secondary N) is 1. The number of aryl methyl sites for hydroxylation is 2. The monoisotopic (exact) mass is 377 g/mol. The lowest BCUT2D eigenvalue weighted by Gasteiger charge is -2.23. The van der Waals surface area contributed by atoms with Crippen molar-refractivity contribution >= 4 is 11.6 Å². The highest BCUT2D eigenvalue weighted by Crippen LogP contribution is 2.28. The normalized spacial score (nSPS) is 17.3. The molecule has 146 valence electrons. The number of amides is 1. The third kappa shape index (κ3) is 3.29. The number of likely N-dealkylation sites (N-methyl/N-ethyl adjacent to an activating group) is 1. The largest absolute Gasteiger partial charge is 0.350 e. The van der Waals surface area contributed by atoms with E-state index in [1.54, 1.807) is 10.7 Å². The maximum absolute atomic E-state index is 12.8. The van der Waals surface area contributed by atoms with Crippen molar-refractivity contribution in [1.29, 1.82) is 0 Å². The van der Waals surface area contributed by atoms with E-state index in [9.17, 15) is 4.79 Å². The molecule has 28 heavy (non-hydrogen) atoms. The van der Waals surface area contributed by atoms with Crippen LogP contribution in [0.2, 0.25) is 0 Å². The van der Waals surface area contributed by atoms with Gasteiger partial charge in [-0.1, -0.05) is 37.3 Å². The van der Waals surface area contributed by atoms with Crippen molar-refractivity contribution in [3.05, 3.63) is 53.5 Å². The van der Waals surface area contributed by atoms with Gasteiger partial charge in [0.05, 0.1) is 17.0 Å². The number of hydrogen-bond donors (Lipinski definition) is 1. The Hall–Kier alpha value is -2.73. The van der Waals surface area contributed by atoms with Gasteiger partial charge < -0.3 is 5.32 Å². The molecule has 1 aromatic carbocycles. The van der Waals surface area contributed by atoms with Gasteiger partial charge in [-0.15, -0.1) is 0 Å². The summed E-state index contributed by atoms with van der Waals surface area (Å²) < 4.78 is 1.79. The van der Waals surface area contributed by atoms with Crippen molar-refractivity contribution in [2.75, 3.05) is 19.6 Å². The van der Waals surface area contributed by atoms with Crippen LogP contribution < -0.4 is 5.32 Å². The quantitative estimate of drug-likeness (QED) is 0.742. The molecule has 1 saturated heterocycles. The zero-order valence-electron chi connectivity index (χ0n) is 16.8. The van der Waals surface area contributed by atoms with E-state index < -0.39 is 0 Å². The van der Waals surface area contributed by atoms with Gasteiger partial charge in [0.25, 0.3) is 5.91 Å². The number of aromatic nitrogens is 3. The van der Waals surface area contributed by atoms with E-state index in [-0.39, 0.29) is 5.91 Å². The van der Waals surface area contributed by atoms with E-state index in [1.165, 1.54) is 6.42 Å². The molecular weight excluding hydrogens is 350 g/mol. The van der Waals surface area contributed by atoms with Crippen molar-refractivity contribution in [2.24, 2.45) is 0 Å². The first-order valence-corrected chi connectivity index (χ1v) is 10.0. The summed E-state index contributed by atoms with van der Waals surface area (Å²) in [5.41, 5.74) is 5.18. The van der Waals surface area contributed by atoms with Gasteiger partial charge in [0.15, 0.2) is 5.65 Å². The zero-order chi connectivity index (χ0) is 19.7. The molecule has 1 unspecified atom stereocenters. The van der Waals surface area contributed by atoms with E-state index in [0.29, 0.717) is 18.2 Å². The van der Waals surface area contributed by atoms with E-state index in [2.05, 4.69) is 39.4 Å². The van der Waals surface area contributed by atoms with Crippen molar-refractivity contribution in [3.8, 4) is 11.1 Å². The van der Waals surface area contributed by atoms with Gasteiger partial charge in [0.1, 0.15) is 0 Å². The predicted octanol–water partition coefficient (Wildman–Crippen LogP) is 3.23. The molecule has 2 aromatic heterocycles. The summed E-state index contributed by atoms with van der Waals surface area (Å²) in [5.74, 6) is -0.0794. The maximum Gasteiger partial charge on any atom is 0.254 e. The molecule has 6 nitrogen and oxygen atoms in total. The molecule has 0 bridgehead atoms. The minimum atomic E-state index is -0.0794. The lowest BCUT2D eigenvalue weighted by molar-refractivity contribution is 0.0939. The van der Waals surface area contributed by atoms with Gasteiger partial charge in [-0.2, -0.15) is 5.10 Å². The van der Waals surface area contributed by atoms with Crippen molar-refractivity contribution in [1.82, 2.24) is 24.8 Å². The number of hydrogen-bond acceptors (Lipinski definition) is 4. The Balaban J connectivity index is 1.61. The van der Waals surface area contributed by atoms with Crippen LogP contribution in [0.1, 0.15) is 41.5 Å². The first-order valence-electron chi connectivity index (χ1n) is 10.0. The lowest BCUT2D eigenvalue weighted by atomic mass is 10.1. The van der Waals surface area contributed by atoms with Crippen LogP contribution in [0, 0.1) is 13.8 Å². The van der Waals surface area contributed by atoms with Crippen LogP contribution in [0.4, 0.5) is 0 Å². The summed E-state index contributed by atoms with van der Waals surface area (Å²) in [6.45, 7) is 8.92. The van der Waals surface area contributed by atoms with Gasteiger partial charge >= 0.3 is 0 Å². The minimum Gasteiger partial charge on any atom is -0.350 e. The molecule has 0 spiro atoms. The first kappa shape index (κ1) is 18.6. The Morgan fingerprint density at radius 2 is 2.04 bits per heavy atom. The van der Waals surface area contributed by atoms with E-state index in [4.69, 9.17) is 0 Å². The SMILES string of the molecule is CCN1CCCC1CNC(=O)c1cnc2c(-c3ccccc3)c(C)nn2c1C. The number of benzene rings is 1. The van der Waals surface area contributed by atoms with Crippen LogP contribution in [0.15, 0.2) is 36.5 Å². The highest BCUT2D eigenvalue weighted by Gasteiger charge is 2.24. The van der Waals surface area contributed by atoms with Gasteiger partial charge in [0, 0.05) is 24.3 Å². The molecule has 1 aliphatic heterocycles. The molecular formula is C22H27N5O. The zero-order valence-corrected chi connectivity index (χ0v) is 16.8. The Morgan fingerprint density at radius 1 is 1.25 bits per heavy atom. The van der Waals surface area contributed by atoms with Crippen molar-refractivity contribution in [2.45, 2.75) is 39.7 Å². The number of likely N-dealkylation sites (tertiary alicyclic amines) is 1. The summed E-state index contributed by atoms with van der Waals surface area (Å²) in [5, 5.41) is 7.76. The number of carbonyl (C=O) groups excluding carboxylic acids is 1. The maximum atomic E-state index is 12.8. The summed E-state index contributed by atoms with van der Waals surface area (Å²) in [6, 6.07) is 10.6. The summed E-state index contributed by atoms with van der Waals surface area (Å²) in [4.78, 5) is 19.8. The van der Waals surface area contributed by atoms with E-state index >= 15 is 0 Å². The molecule has 0 radical (unpaired) electrons. The topological polar surface area (TPSA) is 62.5 Å². The van der Waals surface area contributed by atoms with Crippen LogP contribution >= 0.6 is 0 Å². The molecule has 1 amide bonds. The summed E-state index contributed by atoms with van der Waals surface area (Å²) >= 11 is 0. The molecule has 6 heteroatoms. The molecule has 1 aliphatic rings. The van der Waals surface area contributed by atoms with Crippen LogP contribution in [0.3, 0.4) is 0 Å². The second-order valence-electron chi connectivity index (χ2n) is 7.45. The number of rotatable bonds is 5. The first-order chi connectivity index (χ1) is 13.6. The molecule has 1 fully saturated rings. The molecule has 3 heterocycles. The standard InChI is InChI=1S/C22H27N5O/c1-4-26-12-8-11-18(26)13-24-22(28)19-14-23-21-20(17-9-6-5-7-10-17)15(2)25-27(21)16(19)3/h5-7,9-10,14,18H,4,8,11-13H2,1-3H3,(H,24,28). The summed E-state index contributed by atoms with van der Waals surface area (Å²) in [7, 11) is 0. The van der Waals surface area contributed by atoms with Gasteiger partial charge in [-0.3, -0.25) is 9.69 Å². The van der Waals surface area contributed by atoms with Gasteiger partial charge in [-0.25, -0.2) is 9.50 Å². The molecule has 1 N–H and O–H groups in total. The Kier molecular flexibility index (Phi) is 5.13. The fourth-order valence-electron chi connectivity index (χ4n) is 4.22. The third-order valence-electron chi connectivity index (χ3n) is 5.77. The molecule has 0 aliphatic carbocycles. The van der Waals surface area contributed by atoms with Crippen LogP contribution in [-0.2, 0) is 0 Å². The highest BCUT2D eigenvalue weighted by molar-refractivity contribution is 5.95. The van der Waals surface area contributed by atoms with Gasteiger partial charge in [-0.05, 0) is 45.3 Å². The molecule has 1 atom stereocenters. The Morgan fingerprint density at radius 3 is 2.79 bits per heavy atom. The van der Waals surface area contributed by atoms with Crippen LogP contribution in [-0.4, -0.2) is 51.1 Å². The molecule has 0 saturated carbocycles. The van der Waals surface area contributed by atoms with Crippen LogP contribution in [0.5, 0.6) is 0 Å². The Labute approximate surface area is 165 Å². The van der Waals surface area contributed by atoms with Crippen molar-refractivity contribution in [3.63, 3.8) is 0 Å². The van der Waals surface area contributed by atoms with E-state index in [1.807, 2.05) is 32.0 Å². The number of nitrogens with zero attached hydrogens (tertiary/aromatic N) is 4. The number of carbonyl (C=O) groups is 1. The predicted molar refractivity (Wildman–Crippen MR) is 110 cm³/mol. The summed E-state index contributed by atoms with van der Waals surface area (Å²) in [6.07, 6.45) is 4.03. The van der Waals surface area contributed by atoms with Crippen LogP contribution in [0.25, 0.3) is 16.8 Å². The lowest BCUT2D eigenvalue weighted by Crippen LogP contribution is -2.40. The minimum absolute atomic E-state index is 0.0794.